The smallest absolute Gasteiger partial charge is 0.264 e. The summed E-state index contributed by atoms with van der Waals surface area (Å²) in [5.74, 6) is -0.422. The molecule has 0 saturated carbocycles. The summed E-state index contributed by atoms with van der Waals surface area (Å²) >= 11 is 6.09. The van der Waals surface area contributed by atoms with Gasteiger partial charge in [0.1, 0.15) is 12.7 Å². The van der Waals surface area contributed by atoms with E-state index in [-0.39, 0.29) is 10.5 Å². The maximum absolute atomic E-state index is 12.9. The van der Waals surface area contributed by atoms with Crippen molar-refractivity contribution in [2.45, 2.75) is 4.90 Å². The molecule has 0 saturated heterocycles. The molecule has 0 aliphatic heterocycles. The minimum Gasteiger partial charge on any atom is -0.320 e. The highest BCUT2D eigenvalue weighted by Crippen LogP contribution is 2.25. The number of carbonyl (C=O) groups excluding carboxylic acids is 1. The molecule has 0 aliphatic carbocycles. The highest BCUT2D eigenvalue weighted by Gasteiger charge is 2.21. The van der Waals surface area contributed by atoms with Crippen LogP contribution in [0.3, 0.4) is 0 Å². The number of anilines is 2. The van der Waals surface area contributed by atoms with E-state index in [1.165, 1.54) is 53.0 Å². The number of benzene rings is 3. The van der Waals surface area contributed by atoms with Crippen molar-refractivity contribution in [2.75, 3.05) is 16.7 Å². The van der Waals surface area contributed by atoms with Crippen molar-refractivity contribution in [3.63, 3.8) is 0 Å². The minimum atomic E-state index is -3.77. The maximum Gasteiger partial charge on any atom is 0.264 e. The van der Waals surface area contributed by atoms with Gasteiger partial charge in [0.05, 0.1) is 22.0 Å². The summed E-state index contributed by atoms with van der Waals surface area (Å²) in [6, 6.07) is 19.5. The quantitative estimate of drug-likeness (QED) is 0.462. The molecule has 0 bridgehead atoms. The molecular formula is C22H18ClN5O3S. The van der Waals surface area contributed by atoms with Crippen LogP contribution >= 0.6 is 11.6 Å². The Bertz CT molecular complexity index is 1340. The number of hydrogen-bond acceptors (Lipinski definition) is 5. The van der Waals surface area contributed by atoms with Gasteiger partial charge in [0.15, 0.2) is 0 Å². The van der Waals surface area contributed by atoms with Crippen LogP contribution in [-0.4, -0.2) is 36.1 Å². The third-order valence-corrected chi connectivity index (χ3v) is 6.80. The van der Waals surface area contributed by atoms with Crippen LogP contribution in [0.1, 0.15) is 10.4 Å². The van der Waals surface area contributed by atoms with E-state index in [4.69, 9.17) is 11.6 Å². The molecule has 0 fully saturated rings. The van der Waals surface area contributed by atoms with Crippen molar-refractivity contribution in [3.8, 4) is 5.69 Å². The number of amides is 1. The Morgan fingerprint density at radius 2 is 1.75 bits per heavy atom. The first-order valence-corrected chi connectivity index (χ1v) is 11.3. The molecule has 0 radical (unpaired) electrons. The molecule has 1 N–H and O–H groups in total. The van der Waals surface area contributed by atoms with Crippen LogP contribution in [-0.2, 0) is 10.0 Å². The van der Waals surface area contributed by atoms with Crippen molar-refractivity contribution in [3.05, 3.63) is 96.0 Å². The minimum absolute atomic E-state index is 0.0754. The predicted octanol–water partition coefficient (Wildman–Crippen LogP) is 4.00. The first kappa shape index (κ1) is 21.5. The first-order valence-electron chi connectivity index (χ1n) is 9.46. The second-order valence-electron chi connectivity index (χ2n) is 6.79. The molecule has 1 aromatic heterocycles. The van der Waals surface area contributed by atoms with Gasteiger partial charge in [0.25, 0.3) is 15.9 Å². The molecule has 1 heterocycles. The molecule has 162 valence electrons. The first-order chi connectivity index (χ1) is 15.4. The van der Waals surface area contributed by atoms with Crippen LogP contribution in [0.5, 0.6) is 0 Å². The Kier molecular flexibility index (Phi) is 5.93. The summed E-state index contributed by atoms with van der Waals surface area (Å²) in [5.41, 5.74) is 1.85. The van der Waals surface area contributed by atoms with Crippen molar-refractivity contribution in [1.82, 2.24) is 14.8 Å². The van der Waals surface area contributed by atoms with E-state index < -0.39 is 15.9 Å². The van der Waals surface area contributed by atoms with E-state index >= 15 is 0 Å². The van der Waals surface area contributed by atoms with Crippen molar-refractivity contribution in [1.29, 1.82) is 0 Å². The normalized spacial score (nSPS) is 11.2. The Hall–Kier alpha value is -3.69. The standard InChI is InChI=1S/C22H18ClN5O3S/c1-27(18-5-3-2-4-6-18)32(30,31)19-10-7-16(8-11-19)22(29)26-20-13-17(23)9-12-21(20)28-15-24-14-25-28/h2-15H,1H3,(H,26,29). The van der Waals surface area contributed by atoms with Crippen molar-refractivity contribution >= 4 is 38.9 Å². The Morgan fingerprint density at radius 1 is 1.03 bits per heavy atom. The Morgan fingerprint density at radius 3 is 2.41 bits per heavy atom. The fraction of sp³-hybridized carbons (Fsp3) is 0.0455. The van der Waals surface area contributed by atoms with Gasteiger partial charge in [-0.2, -0.15) is 5.10 Å². The Balaban J connectivity index is 1.57. The van der Waals surface area contributed by atoms with E-state index in [2.05, 4.69) is 15.4 Å². The molecule has 4 aromatic rings. The van der Waals surface area contributed by atoms with Gasteiger partial charge in [-0.15, -0.1) is 0 Å². The third-order valence-electron chi connectivity index (χ3n) is 4.77. The van der Waals surface area contributed by atoms with Gasteiger partial charge < -0.3 is 5.32 Å². The highest BCUT2D eigenvalue weighted by atomic mass is 35.5. The zero-order valence-electron chi connectivity index (χ0n) is 16.9. The molecule has 3 aromatic carbocycles. The zero-order valence-corrected chi connectivity index (χ0v) is 18.5. The molecule has 1 amide bonds. The average molecular weight is 468 g/mol. The molecule has 0 atom stereocenters. The lowest BCUT2D eigenvalue weighted by atomic mass is 10.2. The fourth-order valence-corrected chi connectivity index (χ4v) is 4.42. The summed E-state index contributed by atoms with van der Waals surface area (Å²) in [6.45, 7) is 0. The summed E-state index contributed by atoms with van der Waals surface area (Å²) in [6.07, 6.45) is 2.88. The van der Waals surface area contributed by atoms with E-state index in [1.807, 2.05) is 6.07 Å². The highest BCUT2D eigenvalue weighted by molar-refractivity contribution is 7.92. The maximum atomic E-state index is 12.9. The summed E-state index contributed by atoms with van der Waals surface area (Å²) < 4.78 is 28.5. The second-order valence-corrected chi connectivity index (χ2v) is 9.19. The van der Waals surface area contributed by atoms with Gasteiger partial charge >= 0.3 is 0 Å². The lowest BCUT2D eigenvalue weighted by Gasteiger charge is -2.19. The molecule has 0 unspecified atom stereocenters. The predicted molar refractivity (Wildman–Crippen MR) is 123 cm³/mol. The number of carbonyl (C=O) groups is 1. The summed E-state index contributed by atoms with van der Waals surface area (Å²) in [4.78, 5) is 16.8. The molecule has 32 heavy (non-hydrogen) atoms. The number of nitrogens with zero attached hydrogens (tertiary/aromatic N) is 4. The topological polar surface area (TPSA) is 97.2 Å². The molecule has 10 heteroatoms. The zero-order chi connectivity index (χ0) is 22.7. The van der Waals surface area contributed by atoms with Gasteiger partial charge in [-0.1, -0.05) is 29.8 Å². The van der Waals surface area contributed by atoms with Gasteiger partial charge in [-0.25, -0.2) is 18.1 Å². The number of nitrogens with one attached hydrogen (secondary N) is 1. The van der Waals surface area contributed by atoms with Gasteiger partial charge in [0.2, 0.25) is 0 Å². The SMILES string of the molecule is CN(c1ccccc1)S(=O)(=O)c1ccc(C(=O)Nc2cc(Cl)ccc2-n2cncn2)cc1. The van der Waals surface area contributed by atoms with Crippen LogP contribution in [0.4, 0.5) is 11.4 Å². The molecule has 4 rings (SSSR count). The monoisotopic (exact) mass is 467 g/mol. The van der Waals surface area contributed by atoms with Crippen LogP contribution < -0.4 is 9.62 Å². The second kappa shape index (κ2) is 8.81. The molecule has 0 aliphatic rings. The van der Waals surface area contributed by atoms with Crippen LogP contribution in [0, 0.1) is 0 Å². The molecular weight excluding hydrogens is 450 g/mol. The van der Waals surface area contributed by atoms with Gasteiger partial charge in [-0.3, -0.25) is 9.10 Å². The number of rotatable bonds is 6. The summed E-state index contributed by atoms with van der Waals surface area (Å²) in [7, 11) is -2.29. The van der Waals surface area contributed by atoms with Gasteiger partial charge in [0, 0.05) is 17.6 Å². The third kappa shape index (κ3) is 4.34. The average Bonchev–Trinajstić information content (AvgIpc) is 3.34. The number of sulfonamides is 1. The van der Waals surface area contributed by atoms with E-state index in [1.54, 1.807) is 42.5 Å². The molecule has 8 nitrogen and oxygen atoms in total. The Labute approximate surface area is 190 Å². The summed E-state index contributed by atoms with van der Waals surface area (Å²) in [5, 5.41) is 7.31. The lowest BCUT2D eigenvalue weighted by Crippen LogP contribution is -2.26. The van der Waals surface area contributed by atoms with Crippen molar-refractivity contribution < 1.29 is 13.2 Å². The largest absolute Gasteiger partial charge is 0.320 e. The van der Waals surface area contributed by atoms with Gasteiger partial charge in [-0.05, 0) is 54.6 Å². The number of aromatic nitrogens is 3. The number of hydrogen-bond donors (Lipinski definition) is 1. The molecule has 0 spiro atoms. The van der Waals surface area contributed by atoms with E-state index in [0.29, 0.717) is 22.1 Å². The fourth-order valence-electron chi connectivity index (χ4n) is 3.05. The number of halogens is 1. The van der Waals surface area contributed by atoms with Crippen LogP contribution in [0.2, 0.25) is 5.02 Å². The van der Waals surface area contributed by atoms with Crippen molar-refractivity contribution in [2.24, 2.45) is 0 Å². The van der Waals surface area contributed by atoms with Crippen LogP contribution in [0.15, 0.2) is 90.3 Å². The van der Waals surface area contributed by atoms with Crippen LogP contribution in [0.25, 0.3) is 5.69 Å². The van der Waals surface area contributed by atoms with E-state index in [9.17, 15) is 13.2 Å². The number of para-hydroxylation sites is 1. The lowest BCUT2D eigenvalue weighted by molar-refractivity contribution is 0.102. The van der Waals surface area contributed by atoms with E-state index in [0.717, 1.165) is 0 Å².